The van der Waals surface area contributed by atoms with Gasteiger partial charge in [-0.2, -0.15) is 0 Å². The molecule has 5 heteroatoms. The van der Waals surface area contributed by atoms with Gasteiger partial charge in [-0.3, -0.25) is 0 Å². The van der Waals surface area contributed by atoms with Gasteiger partial charge in [-0.15, -0.1) is 0 Å². The lowest BCUT2D eigenvalue weighted by atomic mass is 10.1. The highest BCUT2D eigenvalue weighted by Gasteiger charge is 2.11. The predicted molar refractivity (Wildman–Crippen MR) is 88.3 cm³/mol. The second-order valence-electron chi connectivity index (χ2n) is 5.04. The number of rotatable bonds is 4. The van der Waals surface area contributed by atoms with E-state index >= 15 is 0 Å². The van der Waals surface area contributed by atoms with Gasteiger partial charge in [-0.25, -0.2) is 9.97 Å². The average Bonchev–Trinajstić information content (AvgIpc) is 2.40. The molecule has 0 aliphatic heterocycles. The van der Waals surface area contributed by atoms with Crippen molar-refractivity contribution >= 4 is 33.3 Å². The van der Waals surface area contributed by atoms with Gasteiger partial charge in [0, 0.05) is 33.9 Å². The quantitative estimate of drug-likeness (QED) is 0.857. The molecule has 0 aliphatic rings. The first-order chi connectivity index (χ1) is 9.49. The van der Waals surface area contributed by atoms with Crippen LogP contribution in [-0.4, -0.2) is 17.0 Å². The number of nitrogens with zero attached hydrogens (tertiary/aromatic N) is 2. The van der Waals surface area contributed by atoms with Crippen LogP contribution >= 0.6 is 27.5 Å². The highest BCUT2D eigenvalue weighted by atomic mass is 79.9. The minimum Gasteiger partial charge on any atom is -0.373 e. The van der Waals surface area contributed by atoms with Crippen LogP contribution in [0.3, 0.4) is 0 Å². The third kappa shape index (κ3) is 3.70. The van der Waals surface area contributed by atoms with Gasteiger partial charge in [0.2, 0.25) is 0 Å². The van der Waals surface area contributed by atoms with E-state index in [9.17, 15) is 0 Å². The molecule has 0 spiro atoms. The number of aromatic nitrogens is 2. The minimum atomic E-state index is 0.547. The van der Waals surface area contributed by atoms with E-state index in [1.165, 1.54) is 0 Å². The lowest BCUT2D eigenvalue weighted by molar-refractivity contribution is 0.635. The molecule has 2 aromatic rings. The van der Waals surface area contributed by atoms with Gasteiger partial charge in [0.1, 0.15) is 5.82 Å². The molecular weight excluding hydrogens is 338 g/mol. The van der Waals surface area contributed by atoms with Gasteiger partial charge in [-0.05, 0) is 30.5 Å². The van der Waals surface area contributed by atoms with E-state index in [0.717, 1.165) is 28.0 Å². The molecule has 0 unspecified atom stereocenters. The van der Waals surface area contributed by atoms with Crippen molar-refractivity contribution in [2.45, 2.75) is 20.3 Å². The summed E-state index contributed by atoms with van der Waals surface area (Å²) in [5, 5.41) is 3.76. The molecule has 0 amide bonds. The SMILES string of the molecule is CNc1cc(CC(C)C)nc(-c2cc(Cl)ccc2Br)n1. The largest absolute Gasteiger partial charge is 0.373 e. The Kier molecular flexibility index (Phi) is 5.00. The molecule has 0 saturated heterocycles. The topological polar surface area (TPSA) is 37.8 Å². The van der Waals surface area contributed by atoms with E-state index in [1.807, 2.05) is 31.3 Å². The van der Waals surface area contributed by atoms with E-state index in [-0.39, 0.29) is 0 Å². The van der Waals surface area contributed by atoms with E-state index in [4.69, 9.17) is 11.6 Å². The van der Waals surface area contributed by atoms with Crippen molar-refractivity contribution in [1.29, 1.82) is 0 Å². The summed E-state index contributed by atoms with van der Waals surface area (Å²) in [5.41, 5.74) is 1.93. The number of nitrogens with one attached hydrogen (secondary N) is 1. The lowest BCUT2D eigenvalue weighted by Gasteiger charge is -2.10. The Bertz CT molecular complexity index is 614. The Morgan fingerprint density at radius 1 is 1.25 bits per heavy atom. The first-order valence-electron chi connectivity index (χ1n) is 6.50. The lowest BCUT2D eigenvalue weighted by Crippen LogP contribution is -2.04. The summed E-state index contributed by atoms with van der Waals surface area (Å²) in [4.78, 5) is 9.17. The van der Waals surface area contributed by atoms with Crippen molar-refractivity contribution in [3.8, 4) is 11.4 Å². The monoisotopic (exact) mass is 353 g/mol. The molecule has 1 aromatic carbocycles. The first kappa shape index (κ1) is 15.3. The summed E-state index contributed by atoms with van der Waals surface area (Å²) in [6, 6.07) is 7.61. The molecule has 1 heterocycles. The van der Waals surface area contributed by atoms with Crippen LogP contribution in [0.4, 0.5) is 5.82 Å². The first-order valence-corrected chi connectivity index (χ1v) is 7.68. The van der Waals surface area contributed by atoms with Gasteiger partial charge in [-0.1, -0.05) is 41.4 Å². The molecule has 20 heavy (non-hydrogen) atoms. The Balaban J connectivity index is 2.52. The van der Waals surface area contributed by atoms with Crippen LogP contribution in [0.1, 0.15) is 19.5 Å². The molecule has 0 aliphatic carbocycles. The van der Waals surface area contributed by atoms with Gasteiger partial charge in [0.15, 0.2) is 5.82 Å². The molecular formula is C15H17BrClN3. The number of anilines is 1. The maximum absolute atomic E-state index is 6.07. The summed E-state index contributed by atoms with van der Waals surface area (Å²) >= 11 is 9.60. The molecule has 2 rings (SSSR count). The molecule has 1 aromatic heterocycles. The summed E-state index contributed by atoms with van der Waals surface area (Å²) < 4.78 is 0.936. The van der Waals surface area contributed by atoms with Crippen LogP contribution in [-0.2, 0) is 6.42 Å². The smallest absolute Gasteiger partial charge is 0.162 e. The Morgan fingerprint density at radius 2 is 2.00 bits per heavy atom. The van der Waals surface area contributed by atoms with Crippen LogP contribution in [0.25, 0.3) is 11.4 Å². The molecule has 0 bridgehead atoms. The molecule has 0 atom stereocenters. The van der Waals surface area contributed by atoms with Crippen molar-refractivity contribution in [3.63, 3.8) is 0 Å². The highest BCUT2D eigenvalue weighted by molar-refractivity contribution is 9.10. The van der Waals surface area contributed by atoms with Crippen molar-refractivity contribution in [3.05, 3.63) is 39.5 Å². The maximum Gasteiger partial charge on any atom is 0.162 e. The normalized spacial score (nSPS) is 10.9. The summed E-state index contributed by atoms with van der Waals surface area (Å²) in [6.07, 6.45) is 0.919. The Morgan fingerprint density at radius 3 is 2.65 bits per heavy atom. The fourth-order valence-electron chi connectivity index (χ4n) is 1.94. The van der Waals surface area contributed by atoms with Crippen molar-refractivity contribution in [1.82, 2.24) is 9.97 Å². The fraction of sp³-hybridized carbons (Fsp3) is 0.333. The number of benzene rings is 1. The number of hydrogen-bond acceptors (Lipinski definition) is 3. The van der Waals surface area contributed by atoms with Crippen LogP contribution < -0.4 is 5.32 Å². The predicted octanol–water partition coefficient (Wildman–Crippen LogP) is 4.80. The number of hydrogen-bond donors (Lipinski definition) is 1. The van der Waals surface area contributed by atoms with Crippen molar-refractivity contribution < 1.29 is 0 Å². The zero-order valence-corrected chi connectivity index (χ0v) is 14.1. The zero-order chi connectivity index (χ0) is 14.7. The van der Waals surface area contributed by atoms with Crippen LogP contribution in [0.15, 0.2) is 28.7 Å². The van der Waals surface area contributed by atoms with Crippen molar-refractivity contribution in [2.75, 3.05) is 12.4 Å². The summed E-state index contributed by atoms with van der Waals surface area (Å²) in [7, 11) is 1.86. The minimum absolute atomic E-state index is 0.547. The number of halogens is 2. The zero-order valence-electron chi connectivity index (χ0n) is 11.7. The van der Waals surface area contributed by atoms with E-state index in [2.05, 4.69) is 45.1 Å². The Labute approximate surface area is 132 Å². The van der Waals surface area contributed by atoms with Crippen LogP contribution in [0, 0.1) is 5.92 Å². The molecule has 1 N–H and O–H groups in total. The second-order valence-corrected chi connectivity index (χ2v) is 6.33. The summed E-state index contributed by atoms with van der Waals surface area (Å²) in [5.74, 6) is 2.05. The Hall–Kier alpha value is -1.13. The van der Waals surface area contributed by atoms with Crippen molar-refractivity contribution in [2.24, 2.45) is 5.92 Å². The molecule has 106 valence electrons. The van der Waals surface area contributed by atoms with E-state index in [1.54, 1.807) is 0 Å². The second kappa shape index (κ2) is 6.55. The average molecular weight is 355 g/mol. The van der Waals surface area contributed by atoms with E-state index < -0.39 is 0 Å². The molecule has 0 radical (unpaired) electrons. The third-order valence-corrected chi connectivity index (χ3v) is 3.75. The van der Waals surface area contributed by atoms with Gasteiger partial charge < -0.3 is 5.32 Å². The van der Waals surface area contributed by atoms with E-state index in [0.29, 0.717) is 16.8 Å². The third-order valence-electron chi connectivity index (χ3n) is 2.82. The molecule has 3 nitrogen and oxygen atoms in total. The highest BCUT2D eigenvalue weighted by Crippen LogP contribution is 2.29. The van der Waals surface area contributed by atoms with Gasteiger partial charge in [0.25, 0.3) is 0 Å². The maximum atomic E-state index is 6.07. The fourth-order valence-corrected chi connectivity index (χ4v) is 2.53. The molecule has 0 fully saturated rings. The van der Waals surface area contributed by atoms with Crippen LogP contribution in [0.5, 0.6) is 0 Å². The van der Waals surface area contributed by atoms with Crippen LogP contribution in [0.2, 0.25) is 5.02 Å². The summed E-state index contributed by atoms with van der Waals surface area (Å²) in [6.45, 7) is 4.35. The van der Waals surface area contributed by atoms with Gasteiger partial charge >= 0.3 is 0 Å². The molecule has 0 saturated carbocycles. The van der Waals surface area contributed by atoms with Gasteiger partial charge in [0.05, 0.1) is 0 Å². The standard InChI is InChI=1S/C15H17BrClN3/c1-9(2)6-11-8-14(18-3)20-15(19-11)12-7-10(17)4-5-13(12)16/h4-5,7-9H,6H2,1-3H3,(H,18,19,20).